The van der Waals surface area contributed by atoms with Crippen LogP contribution in [0, 0.1) is 0 Å². The molecule has 0 amide bonds. The fraction of sp³-hybridized carbons (Fsp3) is 0.304. The second-order valence-electron chi connectivity index (χ2n) is 7.03. The monoisotopic (exact) mass is 383 g/mol. The molecule has 1 heterocycles. The van der Waals surface area contributed by atoms with Gasteiger partial charge in [0.15, 0.2) is 0 Å². The van der Waals surface area contributed by atoms with Crippen LogP contribution in [0.2, 0.25) is 0 Å². The molecule has 0 spiro atoms. The molecule has 27 heavy (non-hydrogen) atoms. The maximum absolute atomic E-state index is 10.4. The fourth-order valence-electron chi connectivity index (χ4n) is 3.67. The molecule has 0 aliphatic carbocycles. The zero-order valence-electron chi connectivity index (χ0n) is 15.4. The van der Waals surface area contributed by atoms with E-state index in [9.17, 15) is 5.11 Å². The predicted octanol–water partition coefficient (Wildman–Crippen LogP) is 4.45. The Hall–Kier alpha value is -2.07. The van der Waals surface area contributed by atoms with Gasteiger partial charge >= 0.3 is 0 Å². The highest BCUT2D eigenvalue weighted by Crippen LogP contribution is 2.25. The molecule has 142 valence electrons. The van der Waals surface area contributed by atoms with Crippen molar-refractivity contribution in [1.29, 1.82) is 0 Å². The van der Waals surface area contributed by atoms with Crippen molar-refractivity contribution in [1.82, 2.24) is 4.90 Å². The molecular weight excluding hydrogens is 358 g/mol. The van der Waals surface area contributed by atoms with Crippen LogP contribution in [0.5, 0.6) is 5.75 Å². The molecule has 4 heteroatoms. The molecule has 3 aromatic rings. The van der Waals surface area contributed by atoms with Crippen molar-refractivity contribution in [2.75, 3.05) is 19.7 Å². The standard InChI is InChI=1S/C23H25NO2.ClH/c25-21(13-15-24-14-12-18-6-1-2-8-20(18)16-24)17-26-23-11-5-9-19-7-3-4-10-22(19)23;/h1-11,21,25H,12-17H2;1H. The molecule has 0 saturated heterocycles. The summed E-state index contributed by atoms with van der Waals surface area (Å²) in [6.07, 6.45) is 1.37. The lowest BCUT2D eigenvalue weighted by Gasteiger charge is -2.29. The lowest BCUT2D eigenvalue weighted by Crippen LogP contribution is -2.33. The van der Waals surface area contributed by atoms with E-state index < -0.39 is 6.10 Å². The average molecular weight is 384 g/mol. The van der Waals surface area contributed by atoms with Gasteiger partial charge in [0.25, 0.3) is 0 Å². The van der Waals surface area contributed by atoms with Crippen molar-refractivity contribution in [3.63, 3.8) is 0 Å². The maximum atomic E-state index is 10.4. The van der Waals surface area contributed by atoms with Gasteiger partial charge in [0.05, 0.1) is 6.10 Å². The van der Waals surface area contributed by atoms with Crippen LogP contribution in [0.15, 0.2) is 66.7 Å². The molecule has 1 N–H and O–H groups in total. The number of fused-ring (bicyclic) bond motifs is 2. The van der Waals surface area contributed by atoms with Gasteiger partial charge in [-0.05, 0) is 35.4 Å². The first-order chi connectivity index (χ1) is 12.8. The predicted molar refractivity (Wildman–Crippen MR) is 113 cm³/mol. The van der Waals surface area contributed by atoms with Crippen LogP contribution in [0.4, 0.5) is 0 Å². The first kappa shape index (κ1) is 19.7. The highest BCUT2D eigenvalue weighted by atomic mass is 35.5. The fourth-order valence-corrected chi connectivity index (χ4v) is 3.67. The SMILES string of the molecule is Cl.OC(CCN1CCc2ccccc2C1)COc1cccc2ccccc12. The Balaban J connectivity index is 0.00000210. The zero-order chi connectivity index (χ0) is 17.8. The summed E-state index contributed by atoms with van der Waals surface area (Å²) in [6, 6.07) is 22.9. The third-order valence-corrected chi connectivity index (χ3v) is 5.17. The minimum Gasteiger partial charge on any atom is -0.490 e. The largest absolute Gasteiger partial charge is 0.490 e. The Morgan fingerprint density at radius 2 is 1.67 bits per heavy atom. The van der Waals surface area contributed by atoms with Crippen LogP contribution >= 0.6 is 12.4 Å². The Bertz CT molecular complexity index is 878. The Labute approximate surface area is 167 Å². The van der Waals surface area contributed by atoms with Crippen molar-refractivity contribution >= 4 is 23.2 Å². The molecule has 1 unspecified atom stereocenters. The van der Waals surface area contributed by atoms with Crippen molar-refractivity contribution in [2.45, 2.75) is 25.5 Å². The van der Waals surface area contributed by atoms with Crippen molar-refractivity contribution in [3.05, 3.63) is 77.9 Å². The summed E-state index contributed by atoms with van der Waals surface area (Å²) in [7, 11) is 0. The molecule has 1 aliphatic rings. The third-order valence-electron chi connectivity index (χ3n) is 5.17. The molecule has 0 fully saturated rings. The van der Waals surface area contributed by atoms with E-state index >= 15 is 0 Å². The third kappa shape index (κ3) is 4.81. The number of hydrogen-bond donors (Lipinski definition) is 1. The number of rotatable bonds is 6. The molecule has 0 radical (unpaired) electrons. The van der Waals surface area contributed by atoms with E-state index in [0.29, 0.717) is 6.61 Å². The minimum absolute atomic E-state index is 0. The summed E-state index contributed by atoms with van der Waals surface area (Å²) >= 11 is 0. The second-order valence-corrected chi connectivity index (χ2v) is 7.03. The van der Waals surface area contributed by atoms with Crippen LogP contribution in [0.3, 0.4) is 0 Å². The molecule has 1 aliphatic heterocycles. The van der Waals surface area contributed by atoms with Crippen LogP contribution in [0.25, 0.3) is 10.8 Å². The number of ether oxygens (including phenoxy) is 1. The van der Waals surface area contributed by atoms with Crippen molar-refractivity contribution in [2.24, 2.45) is 0 Å². The normalized spacial score (nSPS) is 15.0. The second kappa shape index (κ2) is 9.23. The molecule has 0 saturated carbocycles. The Morgan fingerprint density at radius 1 is 0.926 bits per heavy atom. The highest BCUT2D eigenvalue weighted by Gasteiger charge is 2.17. The lowest BCUT2D eigenvalue weighted by atomic mass is 10.00. The van der Waals surface area contributed by atoms with Gasteiger partial charge < -0.3 is 9.84 Å². The van der Waals surface area contributed by atoms with Crippen LogP contribution in [-0.2, 0) is 13.0 Å². The average Bonchev–Trinajstić information content (AvgIpc) is 2.70. The van der Waals surface area contributed by atoms with E-state index in [0.717, 1.165) is 49.0 Å². The van der Waals surface area contributed by atoms with Gasteiger partial charge in [-0.25, -0.2) is 0 Å². The molecule has 0 aromatic heterocycles. The van der Waals surface area contributed by atoms with Gasteiger partial charge in [-0.15, -0.1) is 12.4 Å². The van der Waals surface area contributed by atoms with E-state index in [-0.39, 0.29) is 12.4 Å². The lowest BCUT2D eigenvalue weighted by molar-refractivity contribution is 0.0862. The van der Waals surface area contributed by atoms with E-state index in [1.165, 1.54) is 11.1 Å². The topological polar surface area (TPSA) is 32.7 Å². The summed E-state index contributed by atoms with van der Waals surface area (Å²) in [4.78, 5) is 2.42. The number of benzene rings is 3. The number of halogens is 1. The number of aliphatic hydroxyl groups is 1. The summed E-state index contributed by atoms with van der Waals surface area (Å²) < 4.78 is 5.91. The molecule has 1 atom stereocenters. The van der Waals surface area contributed by atoms with Gasteiger partial charge in [0.2, 0.25) is 0 Å². The Kier molecular flexibility index (Phi) is 6.73. The zero-order valence-corrected chi connectivity index (χ0v) is 16.2. The summed E-state index contributed by atoms with van der Waals surface area (Å²) in [5, 5.41) is 12.6. The first-order valence-corrected chi connectivity index (χ1v) is 9.37. The van der Waals surface area contributed by atoms with Gasteiger partial charge in [0, 0.05) is 25.0 Å². The van der Waals surface area contributed by atoms with Crippen LogP contribution in [-0.4, -0.2) is 35.8 Å². The molecular formula is C23H26ClNO2. The van der Waals surface area contributed by atoms with Crippen molar-refractivity contribution < 1.29 is 9.84 Å². The van der Waals surface area contributed by atoms with E-state index in [1.807, 2.05) is 24.3 Å². The highest BCUT2D eigenvalue weighted by molar-refractivity contribution is 5.88. The molecule has 3 aromatic carbocycles. The van der Waals surface area contributed by atoms with Crippen LogP contribution < -0.4 is 4.74 Å². The van der Waals surface area contributed by atoms with Gasteiger partial charge in [-0.2, -0.15) is 0 Å². The molecule has 3 nitrogen and oxygen atoms in total. The van der Waals surface area contributed by atoms with Crippen LogP contribution in [0.1, 0.15) is 17.5 Å². The number of nitrogens with zero attached hydrogens (tertiary/aromatic N) is 1. The summed E-state index contributed by atoms with van der Waals surface area (Å²) in [6.45, 7) is 3.27. The quantitative estimate of drug-likeness (QED) is 0.682. The van der Waals surface area contributed by atoms with E-state index in [1.54, 1.807) is 0 Å². The van der Waals surface area contributed by atoms with E-state index in [4.69, 9.17) is 4.74 Å². The van der Waals surface area contributed by atoms with E-state index in [2.05, 4.69) is 47.4 Å². The van der Waals surface area contributed by atoms with Gasteiger partial charge in [-0.1, -0.05) is 60.7 Å². The summed E-state index contributed by atoms with van der Waals surface area (Å²) in [5.41, 5.74) is 2.88. The first-order valence-electron chi connectivity index (χ1n) is 9.37. The molecule has 4 rings (SSSR count). The number of aliphatic hydroxyl groups excluding tert-OH is 1. The number of hydrogen-bond acceptors (Lipinski definition) is 3. The smallest absolute Gasteiger partial charge is 0.127 e. The Morgan fingerprint density at radius 3 is 2.56 bits per heavy atom. The summed E-state index contributed by atoms with van der Waals surface area (Å²) in [5.74, 6) is 0.842. The van der Waals surface area contributed by atoms with Gasteiger partial charge in [-0.3, -0.25) is 4.90 Å². The van der Waals surface area contributed by atoms with Gasteiger partial charge in [0.1, 0.15) is 12.4 Å². The maximum Gasteiger partial charge on any atom is 0.127 e. The molecule has 0 bridgehead atoms. The van der Waals surface area contributed by atoms with Crippen molar-refractivity contribution in [3.8, 4) is 5.75 Å². The minimum atomic E-state index is -0.453.